The molecule has 0 aliphatic carbocycles. The third-order valence-electron chi connectivity index (χ3n) is 3.95. The van der Waals surface area contributed by atoms with Gasteiger partial charge in [-0.1, -0.05) is 6.07 Å². The molecular weight excluding hydrogens is 303 g/mol. The molecule has 7 heteroatoms. The van der Waals surface area contributed by atoms with Crippen molar-refractivity contribution in [2.24, 2.45) is 0 Å². The second-order valence-electron chi connectivity index (χ2n) is 5.36. The topological polar surface area (TPSA) is 75.7 Å². The minimum atomic E-state index is -0.766. The molecule has 23 heavy (non-hydrogen) atoms. The van der Waals surface area contributed by atoms with Crippen LogP contribution in [0.2, 0.25) is 0 Å². The molecule has 1 fully saturated rings. The van der Waals surface area contributed by atoms with Gasteiger partial charge in [-0.05, 0) is 25.0 Å². The van der Waals surface area contributed by atoms with Gasteiger partial charge >= 0.3 is 0 Å². The van der Waals surface area contributed by atoms with Gasteiger partial charge in [-0.2, -0.15) is 0 Å². The zero-order valence-electron chi connectivity index (χ0n) is 12.5. The Balaban J connectivity index is 1.91. The number of carbonyl (C=O) groups is 1. The molecule has 0 atom stereocenters. The number of methoxy groups -OCH3 is 1. The standard InChI is InChI=1S/C16H15FN2O4/c1-23-15-12(13(20)14(15)21)18-10-6-4-5-9(11(10)17)16(22)19-7-2-3-8-19/h4-6,18H,2-3,7-8H2,1H3. The van der Waals surface area contributed by atoms with E-state index in [1.807, 2.05) is 0 Å². The number of anilines is 2. The van der Waals surface area contributed by atoms with Gasteiger partial charge in [0.05, 0.1) is 18.4 Å². The number of nitrogens with one attached hydrogen (secondary N) is 1. The fourth-order valence-electron chi connectivity index (χ4n) is 2.70. The molecule has 3 rings (SSSR count). The van der Waals surface area contributed by atoms with Crippen LogP contribution in [0, 0.1) is 5.82 Å². The van der Waals surface area contributed by atoms with Gasteiger partial charge in [0.1, 0.15) is 5.69 Å². The number of amides is 1. The van der Waals surface area contributed by atoms with Crippen molar-refractivity contribution in [3.8, 4) is 5.75 Å². The molecule has 0 unspecified atom stereocenters. The summed E-state index contributed by atoms with van der Waals surface area (Å²) in [6.45, 7) is 1.23. The molecule has 0 bridgehead atoms. The highest BCUT2D eigenvalue weighted by molar-refractivity contribution is 5.96. The monoisotopic (exact) mass is 318 g/mol. The fraction of sp³-hybridized carbons (Fsp3) is 0.312. The van der Waals surface area contributed by atoms with Gasteiger partial charge in [0.25, 0.3) is 16.8 Å². The second kappa shape index (κ2) is 5.83. The summed E-state index contributed by atoms with van der Waals surface area (Å²) < 4.78 is 19.4. The lowest BCUT2D eigenvalue weighted by Gasteiger charge is -2.17. The first kappa shape index (κ1) is 15.2. The number of benzene rings is 1. The van der Waals surface area contributed by atoms with E-state index in [1.165, 1.54) is 25.3 Å². The Morgan fingerprint density at radius 3 is 2.57 bits per heavy atom. The Morgan fingerprint density at radius 2 is 1.91 bits per heavy atom. The number of likely N-dealkylation sites (tertiary alicyclic amines) is 1. The van der Waals surface area contributed by atoms with E-state index in [0.717, 1.165) is 12.8 Å². The van der Waals surface area contributed by atoms with Crippen molar-refractivity contribution in [1.82, 2.24) is 4.90 Å². The van der Waals surface area contributed by atoms with E-state index in [1.54, 1.807) is 4.90 Å². The van der Waals surface area contributed by atoms with Crippen molar-refractivity contribution in [2.45, 2.75) is 12.8 Å². The Bertz CT molecular complexity index is 833. The van der Waals surface area contributed by atoms with Crippen molar-refractivity contribution in [2.75, 3.05) is 25.5 Å². The van der Waals surface area contributed by atoms with Crippen LogP contribution in [-0.4, -0.2) is 31.0 Å². The SMILES string of the molecule is COc1c(Nc2cccc(C(=O)N3CCCC3)c2F)c(=O)c1=O. The molecule has 1 amide bonds. The number of rotatable bonds is 4. The van der Waals surface area contributed by atoms with Crippen molar-refractivity contribution in [3.05, 3.63) is 50.0 Å². The lowest BCUT2D eigenvalue weighted by Crippen LogP contribution is -2.34. The third-order valence-corrected chi connectivity index (χ3v) is 3.95. The van der Waals surface area contributed by atoms with Crippen LogP contribution in [0.5, 0.6) is 5.75 Å². The molecular formula is C16H15FN2O4. The van der Waals surface area contributed by atoms with Gasteiger partial charge in [-0.25, -0.2) is 4.39 Å². The first-order chi connectivity index (χ1) is 11.0. The number of nitrogens with zero attached hydrogens (tertiary/aromatic N) is 1. The molecule has 1 aliphatic rings. The molecule has 1 N–H and O–H groups in total. The van der Waals surface area contributed by atoms with Gasteiger partial charge in [0.15, 0.2) is 11.6 Å². The van der Waals surface area contributed by atoms with Crippen molar-refractivity contribution in [3.63, 3.8) is 0 Å². The predicted octanol–water partition coefficient (Wildman–Crippen LogP) is 1.41. The summed E-state index contributed by atoms with van der Waals surface area (Å²) in [4.78, 5) is 36.8. The smallest absolute Gasteiger partial charge is 0.272 e. The van der Waals surface area contributed by atoms with E-state index in [-0.39, 0.29) is 28.6 Å². The zero-order chi connectivity index (χ0) is 16.6. The summed E-state index contributed by atoms with van der Waals surface area (Å²) in [5.41, 5.74) is -1.71. The molecule has 0 radical (unpaired) electrons. The highest BCUT2D eigenvalue weighted by atomic mass is 19.1. The second-order valence-corrected chi connectivity index (χ2v) is 5.36. The van der Waals surface area contributed by atoms with Gasteiger partial charge in [0, 0.05) is 13.1 Å². The molecule has 0 saturated carbocycles. The Morgan fingerprint density at radius 1 is 1.22 bits per heavy atom. The number of hydrogen-bond acceptors (Lipinski definition) is 5. The average molecular weight is 318 g/mol. The Hall–Kier alpha value is -2.70. The quantitative estimate of drug-likeness (QED) is 0.863. The summed E-state index contributed by atoms with van der Waals surface area (Å²) in [7, 11) is 1.25. The van der Waals surface area contributed by atoms with Gasteiger partial charge in [-0.3, -0.25) is 14.4 Å². The molecule has 1 saturated heterocycles. The van der Waals surface area contributed by atoms with Crippen LogP contribution in [0.3, 0.4) is 0 Å². The largest absolute Gasteiger partial charge is 0.491 e. The van der Waals surface area contributed by atoms with Crippen molar-refractivity contribution >= 4 is 17.3 Å². The maximum Gasteiger partial charge on any atom is 0.272 e. The van der Waals surface area contributed by atoms with Gasteiger partial charge < -0.3 is 15.0 Å². The minimum absolute atomic E-state index is 0.0413. The summed E-state index contributed by atoms with van der Waals surface area (Å²) in [5, 5.41) is 2.55. The fourth-order valence-corrected chi connectivity index (χ4v) is 2.70. The van der Waals surface area contributed by atoms with E-state index in [2.05, 4.69) is 5.32 Å². The predicted molar refractivity (Wildman–Crippen MR) is 82.7 cm³/mol. The molecule has 0 spiro atoms. The van der Waals surface area contributed by atoms with Crippen LogP contribution in [0.15, 0.2) is 27.8 Å². The summed E-state index contributed by atoms with van der Waals surface area (Å²) in [6.07, 6.45) is 1.82. The average Bonchev–Trinajstić information content (AvgIpc) is 3.09. The van der Waals surface area contributed by atoms with E-state index in [4.69, 9.17) is 4.74 Å². The molecule has 2 aromatic carbocycles. The molecule has 120 valence electrons. The van der Waals surface area contributed by atoms with Crippen LogP contribution in [0.1, 0.15) is 23.2 Å². The molecule has 1 aliphatic heterocycles. The number of carbonyl (C=O) groups excluding carboxylic acids is 1. The lowest BCUT2D eigenvalue weighted by atomic mass is 10.1. The summed E-state index contributed by atoms with van der Waals surface area (Å²) in [6, 6.07) is 4.32. The van der Waals surface area contributed by atoms with Crippen LogP contribution >= 0.6 is 0 Å². The van der Waals surface area contributed by atoms with Crippen LogP contribution < -0.4 is 20.9 Å². The number of halogens is 1. The third kappa shape index (κ3) is 2.48. The number of hydrogen-bond donors (Lipinski definition) is 1. The van der Waals surface area contributed by atoms with Crippen LogP contribution in [0.4, 0.5) is 15.8 Å². The molecule has 2 aromatic rings. The van der Waals surface area contributed by atoms with Crippen LogP contribution in [0.25, 0.3) is 0 Å². The zero-order valence-corrected chi connectivity index (χ0v) is 12.5. The maximum absolute atomic E-state index is 14.6. The molecule has 6 nitrogen and oxygen atoms in total. The van der Waals surface area contributed by atoms with Crippen molar-refractivity contribution < 1.29 is 13.9 Å². The first-order valence-electron chi connectivity index (χ1n) is 7.26. The highest BCUT2D eigenvalue weighted by Crippen LogP contribution is 2.27. The highest BCUT2D eigenvalue weighted by Gasteiger charge is 2.26. The van der Waals surface area contributed by atoms with Crippen LogP contribution in [-0.2, 0) is 0 Å². The number of ether oxygens (including phenoxy) is 1. The molecule has 1 heterocycles. The van der Waals surface area contributed by atoms with E-state index >= 15 is 0 Å². The van der Waals surface area contributed by atoms with E-state index in [9.17, 15) is 18.8 Å². The van der Waals surface area contributed by atoms with Gasteiger partial charge in [-0.15, -0.1) is 0 Å². The minimum Gasteiger partial charge on any atom is -0.491 e. The Labute approximate surface area is 131 Å². The van der Waals surface area contributed by atoms with Gasteiger partial charge in [0.2, 0.25) is 0 Å². The Kier molecular flexibility index (Phi) is 3.85. The molecule has 0 aromatic heterocycles. The summed E-state index contributed by atoms with van der Waals surface area (Å²) >= 11 is 0. The summed E-state index contributed by atoms with van der Waals surface area (Å²) in [5.74, 6) is -1.26. The maximum atomic E-state index is 14.6. The van der Waals surface area contributed by atoms with Crippen molar-refractivity contribution in [1.29, 1.82) is 0 Å². The van der Waals surface area contributed by atoms with E-state index < -0.39 is 16.7 Å². The normalized spacial score (nSPS) is 14.3. The first-order valence-corrected chi connectivity index (χ1v) is 7.26. The lowest BCUT2D eigenvalue weighted by molar-refractivity contribution is 0.0788. The van der Waals surface area contributed by atoms with E-state index in [0.29, 0.717) is 13.1 Å².